The molecule has 0 spiro atoms. The Morgan fingerprint density at radius 2 is 1.78 bits per heavy atom. The van der Waals surface area contributed by atoms with Crippen molar-refractivity contribution in [3.63, 3.8) is 0 Å². The second kappa shape index (κ2) is 14.2. The van der Waals surface area contributed by atoms with E-state index < -0.39 is 17.8 Å². The molecule has 2 aromatic rings. The molecule has 1 aromatic heterocycles. The Hall–Kier alpha value is -2.61. The Bertz CT molecular complexity index is 1400. The highest BCUT2D eigenvalue weighted by Gasteiger charge is 2.35. The minimum Gasteiger partial charge on any atom is -0.390 e. The highest BCUT2D eigenvalue weighted by Crippen LogP contribution is 2.40. The van der Waals surface area contributed by atoms with E-state index in [4.69, 9.17) is 5.10 Å². The molecule has 2 amide bonds. The molecule has 1 aromatic carbocycles. The van der Waals surface area contributed by atoms with Gasteiger partial charge in [0.1, 0.15) is 0 Å². The third kappa shape index (κ3) is 7.42. The SMILES string of the molecule is CCN1CCc2c(c(-c3ccc(C(F)(F)F)c(SCC(=O)N4CCCC4)c3)nn2CC(O)CN2CCC(N3CCCC3=O)CC2)C1. The van der Waals surface area contributed by atoms with E-state index in [1.165, 1.54) is 12.1 Å². The number of thioether (sulfide) groups is 1. The molecule has 1 N–H and O–H groups in total. The fourth-order valence-electron chi connectivity index (χ4n) is 7.44. The molecule has 6 rings (SSSR count). The summed E-state index contributed by atoms with van der Waals surface area (Å²) < 4.78 is 44.0. The number of likely N-dealkylation sites (N-methyl/N-ethyl adjacent to an activating group) is 1. The largest absolute Gasteiger partial charge is 0.417 e. The average Bonchev–Trinajstić information content (AvgIpc) is 3.80. The van der Waals surface area contributed by atoms with Crippen LogP contribution in [-0.2, 0) is 35.3 Å². The molecule has 0 saturated carbocycles. The molecule has 13 heteroatoms. The minimum atomic E-state index is -4.54. The van der Waals surface area contributed by atoms with Crippen LogP contribution < -0.4 is 0 Å². The van der Waals surface area contributed by atoms with E-state index in [1.54, 1.807) is 4.90 Å². The summed E-state index contributed by atoms with van der Waals surface area (Å²) in [7, 11) is 0. The predicted octanol–water partition coefficient (Wildman–Crippen LogP) is 4.11. The van der Waals surface area contributed by atoms with Crippen LogP contribution in [0.2, 0.25) is 0 Å². The number of halogens is 3. The zero-order valence-electron chi connectivity index (χ0n) is 26.6. The Labute approximate surface area is 273 Å². The lowest BCUT2D eigenvalue weighted by molar-refractivity contribution is -0.139. The smallest absolute Gasteiger partial charge is 0.390 e. The summed E-state index contributed by atoms with van der Waals surface area (Å²) in [6.45, 7) is 9.03. The predicted molar refractivity (Wildman–Crippen MR) is 170 cm³/mol. The van der Waals surface area contributed by atoms with Crippen molar-refractivity contribution in [1.82, 2.24) is 29.4 Å². The maximum Gasteiger partial charge on any atom is 0.417 e. The molecule has 252 valence electrons. The van der Waals surface area contributed by atoms with Crippen molar-refractivity contribution in [1.29, 1.82) is 0 Å². The zero-order valence-corrected chi connectivity index (χ0v) is 27.4. The first-order chi connectivity index (χ1) is 22.1. The fourth-order valence-corrected chi connectivity index (χ4v) is 8.46. The van der Waals surface area contributed by atoms with Crippen molar-refractivity contribution >= 4 is 23.6 Å². The van der Waals surface area contributed by atoms with Gasteiger partial charge in [0.05, 0.1) is 29.7 Å². The van der Waals surface area contributed by atoms with Gasteiger partial charge in [-0.15, -0.1) is 11.8 Å². The quantitative estimate of drug-likeness (QED) is 0.384. The van der Waals surface area contributed by atoms with Crippen LogP contribution in [-0.4, -0.2) is 117 Å². The van der Waals surface area contributed by atoms with Crippen LogP contribution in [0.15, 0.2) is 23.1 Å². The van der Waals surface area contributed by atoms with E-state index in [0.717, 1.165) is 100 Å². The van der Waals surface area contributed by atoms with Gasteiger partial charge in [-0.25, -0.2) is 0 Å². The fraction of sp³-hybridized carbons (Fsp3) is 0.667. The molecule has 0 bridgehead atoms. The van der Waals surface area contributed by atoms with E-state index in [-0.39, 0.29) is 28.5 Å². The highest BCUT2D eigenvalue weighted by molar-refractivity contribution is 8.00. The number of rotatable bonds is 10. The third-order valence-corrected chi connectivity index (χ3v) is 11.0. The number of β-amino-alcohol motifs (C(OH)–C–C–N with tert-alkyl or cyclic N) is 1. The maximum absolute atomic E-state index is 14.1. The van der Waals surface area contributed by atoms with Crippen LogP contribution in [0.4, 0.5) is 13.2 Å². The second-order valence-corrected chi connectivity index (χ2v) is 14.1. The molecule has 1 unspecified atom stereocenters. The third-order valence-electron chi connectivity index (χ3n) is 9.99. The van der Waals surface area contributed by atoms with Gasteiger partial charge in [0, 0.05) is 93.0 Å². The molecule has 46 heavy (non-hydrogen) atoms. The summed E-state index contributed by atoms with van der Waals surface area (Å²) in [5.41, 5.74) is 2.48. The number of carbonyl (C=O) groups is 2. The lowest BCUT2D eigenvalue weighted by Gasteiger charge is -2.37. The summed E-state index contributed by atoms with van der Waals surface area (Å²) >= 11 is 0.942. The lowest BCUT2D eigenvalue weighted by atomic mass is 10.00. The topological polar surface area (TPSA) is 85.2 Å². The molecule has 3 saturated heterocycles. The summed E-state index contributed by atoms with van der Waals surface area (Å²) in [5, 5.41) is 16.1. The van der Waals surface area contributed by atoms with Crippen molar-refractivity contribution in [2.75, 3.05) is 58.1 Å². The summed E-state index contributed by atoms with van der Waals surface area (Å²) in [6, 6.07) is 4.42. The number of hydrogen-bond donors (Lipinski definition) is 1. The average molecular weight is 663 g/mol. The number of likely N-dealkylation sites (tertiary alicyclic amines) is 3. The molecule has 4 aliphatic heterocycles. The van der Waals surface area contributed by atoms with Crippen LogP contribution in [0.25, 0.3) is 11.3 Å². The van der Waals surface area contributed by atoms with Crippen molar-refractivity contribution in [3.8, 4) is 11.3 Å². The van der Waals surface area contributed by atoms with Crippen molar-refractivity contribution in [2.45, 2.75) is 88.2 Å². The summed E-state index contributed by atoms with van der Waals surface area (Å²) in [6.07, 6.45) is 0.788. The van der Waals surface area contributed by atoms with Gasteiger partial charge >= 0.3 is 6.18 Å². The van der Waals surface area contributed by atoms with E-state index in [0.29, 0.717) is 50.4 Å². The number of hydrogen-bond acceptors (Lipinski definition) is 7. The number of piperidine rings is 1. The number of fused-ring (bicyclic) bond motifs is 1. The van der Waals surface area contributed by atoms with Gasteiger partial charge in [-0.05, 0) is 50.8 Å². The molecular weight excluding hydrogens is 617 g/mol. The van der Waals surface area contributed by atoms with Gasteiger partial charge in [-0.1, -0.05) is 13.0 Å². The van der Waals surface area contributed by atoms with Gasteiger partial charge in [0.15, 0.2) is 0 Å². The zero-order chi connectivity index (χ0) is 32.4. The first-order valence-corrected chi connectivity index (χ1v) is 17.7. The number of alkyl halides is 3. The number of aliphatic hydroxyl groups is 1. The van der Waals surface area contributed by atoms with Gasteiger partial charge < -0.3 is 19.8 Å². The number of aromatic nitrogens is 2. The number of amides is 2. The Morgan fingerprint density at radius 1 is 1.02 bits per heavy atom. The normalized spacial score (nSPS) is 20.9. The Morgan fingerprint density at radius 3 is 2.46 bits per heavy atom. The minimum absolute atomic E-state index is 0.0306. The van der Waals surface area contributed by atoms with Crippen LogP contribution in [0, 0.1) is 0 Å². The number of carbonyl (C=O) groups excluding carboxylic acids is 2. The van der Waals surface area contributed by atoms with Crippen LogP contribution in [0.3, 0.4) is 0 Å². The van der Waals surface area contributed by atoms with Gasteiger partial charge in [-0.2, -0.15) is 18.3 Å². The molecule has 3 fully saturated rings. The second-order valence-electron chi connectivity index (χ2n) is 13.0. The molecule has 1 atom stereocenters. The van der Waals surface area contributed by atoms with Crippen LogP contribution in [0.1, 0.15) is 62.3 Å². The monoisotopic (exact) mass is 662 g/mol. The lowest BCUT2D eigenvalue weighted by Crippen LogP contribution is -2.47. The van der Waals surface area contributed by atoms with Crippen molar-refractivity contribution < 1.29 is 27.9 Å². The van der Waals surface area contributed by atoms with E-state index in [2.05, 4.69) is 16.7 Å². The molecule has 9 nitrogen and oxygen atoms in total. The van der Waals surface area contributed by atoms with Crippen LogP contribution >= 0.6 is 11.8 Å². The molecule has 5 heterocycles. The Kier molecular flexibility index (Phi) is 10.3. The molecule has 4 aliphatic rings. The number of benzene rings is 1. The van der Waals surface area contributed by atoms with Gasteiger partial charge in [0.25, 0.3) is 0 Å². The van der Waals surface area contributed by atoms with Gasteiger partial charge in [0.2, 0.25) is 11.8 Å². The van der Waals surface area contributed by atoms with Crippen molar-refractivity contribution in [2.24, 2.45) is 0 Å². The van der Waals surface area contributed by atoms with E-state index in [9.17, 15) is 27.9 Å². The Balaban J connectivity index is 1.19. The maximum atomic E-state index is 14.1. The first kappa shape index (κ1) is 33.3. The first-order valence-electron chi connectivity index (χ1n) is 16.7. The standard InChI is InChI=1S/C33H45F3N6O3S/c1-2-38-17-11-28-26(21-38)32(23-7-8-27(33(34,35)36)29(18-23)46-22-31(45)40-12-3-4-13-40)37-42(28)20-25(43)19-39-15-9-24(10-16-39)41-14-5-6-30(41)44/h7-8,18,24-25,43H,2-6,9-17,19-22H2,1H3. The molecule has 0 aliphatic carbocycles. The summed E-state index contributed by atoms with van der Waals surface area (Å²) in [5.74, 6) is 0.0817. The van der Waals surface area contributed by atoms with Gasteiger partial charge in [-0.3, -0.25) is 19.2 Å². The number of aliphatic hydroxyl groups excluding tert-OH is 1. The molecular formula is C33H45F3N6O3S. The summed E-state index contributed by atoms with van der Waals surface area (Å²) in [4.78, 5) is 33.2. The van der Waals surface area contributed by atoms with Crippen LogP contribution in [0.5, 0.6) is 0 Å². The van der Waals surface area contributed by atoms with E-state index >= 15 is 0 Å². The molecule has 0 radical (unpaired) electrons. The van der Waals surface area contributed by atoms with Crippen molar-refractivity contribution in [3.05, 3.63) is 35.0 Å². The van der Waals surface area contributed by atoms with E-state index in [1.807, 2.05) is 9.58 Å². The highest BCUT2D eigenvalue weighted by atomic mass is 32.2. The number of nitrogens with zero attached hydrogens (tertiary/aromatic N) is 6.